The summed E-state index contributed by atoms with van der Waals surface area (Å²) in [6, 6.07) is 10.2. The minimum absolute atomic E-state index is 0.153. The monoisotopic (exact) mass is 387 g/mol. The van der Waals surface area contributed by atoms with Crippen LogP contribution < -0.4 is 5.73 Å². The number of pyridine rings is 1. The normalized spacial score (nSPS) is 15.3. The van der Waals surface area contributed by atoms with E-state index in [9.17, 15) is 0 Å². The van der Waals surface area contributed by atoms with Crippen LogP contribution in [-0.4, -0.2) is 20.2 Å². The number of hydrogen-bond donors (Lipinski definition) is 2. The van der Waals surface area contributed by atoms with Crippen LogP contribution in [0.3, 0.4) is 0 Å². The Kier molecular flexibility index (Phi) is 4.24. The first-order valence-electron chi connectivity index (χ1n) is 10.2. The van der Waals surface area contributed by atoms with Crippen LogP contribution in [0.15, 0.2) is 40.9 Å². The number of hydrogen-bond acceptors (Lipinski definition) is 5. The van der Waals surface area contributed by atoms with Gasteiger partial charge >= 0.3 is 0 Å². The zero-order valence-corrected chi connectivity index (χ0v) is 16.9. The molecule has 6 heteroatoms. The molecule has 0 spiro atoms. The van der Waals surface area contributed by atoms with Crippen LogP contribution in [0.1, 0.15) is 55.8 Å². The summed E-state index contributed by atoms with van der Waals surface area (Å²) >= 11 is 0. The van der Waals surface area contributed by atoms with Crippen LogP contribution in [0.4, 0.5) is 0 Å². The Bertz CT molecular complexity index is 1190. The average Bonchev–Trinajstić information content (AvgIpc) is 3.30. The number of nitrogens with one attached hydrogen (secondary N) is 1. The second-order valence-corrected chi connectivity index (χ2v) is 8.32. The smallest absolute Gasteiger partial charge is 0.247 e. The Morgan fingerprint density at radius 1 is 1.10 bits per heavy atom. The van der Waals surface area contributed by atoms with Crippen molar-refractivity contribution in [3.8, 4) is 22.7 Å². The number of rotatable bonds is 5. The van der Waals surface area contributed by atoms with E-state index in [0.717, 1.165) is 40.9 Å². The number of fused-ring (bicyclic) bond motifs is 1. The Labute approximate surface area is 169 Å². The first-order valence-corrected chi connectivity index (χ1v) is 10.2. The van der Waals surface area contributed by atoms with E-state index in [1.54, 1.807) is 0 Å². The Balaban J connectivity index is 1.60. The maximum atomic E-state index is 6.22. The summed E-state index contributed by atoms with van der Waals surface area (Å²) in [4.78, 5) is 7.93. The van der Waals surface area contributed by atoms with Crippen molar-refractivity contribution in [3.05, 3.63) is 53.7 Å². The summed E-state index contributed by atoms with van der Waals surface area (Å²) in [6.45, 7) is 6.44. The van der Waals surface area contributed by atoms with E-state index in [2.05, 4.69) is 52.2 Å². The number of aromatic amines is 1. The van der Waals surface area contributed by atoms with Crippen LogP contribution in [0.25, 0.3) is 33.6 Å². The van der Waals surface area contributed by atoms with Crippen LogP contribution in [0.2, 0.25) is 0 Å². The molecule has 0 aliphatic heterocycles. The molecule has 5 rings (SSSR count). The molecule has 3 heterocycles. The van der Waals surface area contributed by atoms with Gasteiger partial charge in [0.15, 0.2) is 0 Å². The highest BCUT2D eigenvalue weighted by molar-refractivity contribution is 5.93. The van der Waals surface area contributed by atoms with Crippen molar-refractivity contribution in [2.24, 2.45) is 11.7 Å². The molecule has 1 atom stereocenters. The molecule has 3 aromatic heterocycles. The van der Waals surface area contributed by atoms with Gasteiger partial charge in [0.05, 0.1) is 11.7 Å². The highest BCUT2D eigenvalue weighted by Crippen LogP contribution is 2.40. The van der Waals surface area contributed by atoms with Crippen molar-refractivity contribution in [2.45, 2.75) is 45.6 Å². The fourth-order valence-electron chi connectivity index (χ4n) is 4.02. The molecule has 1 fully saturated rings. The molecule has 0 bridgehead atoms. The van der Waals surface area contributed by atoms with E-state index >= 15 is 0 Å². The summed E-state index contributed by atoms with van der Waals surface area (Å²) in [5, 5.41) is 9.63. The maximum Gasteiger partial charge on any atom is 0.247 e. The molecular weight excluding hydrogens is 362 g/mol. The number of nitrogens with two attached hydrogens (primary N) is 1. The minimum Gasteiger partial charge on any atom is -0.419 e. The Morgan fingerprint density at radius 2 is 1.93 bits per heavy atom. The fourth-order valence-corrected chi connectivity index (χ4v) is 4.02. The fraction of sp³-hybridized carbons (Fsp3) is 0.348. The van der Waals surface area contributed by atoms with E-state index in [0.29, 0.717) is 23.6 Å². The summed E-state index contributed by atoms with van der Waals surface area (Å²) in [5.41, 5.74) is 12.8. The first-order chi connectivity index (χ1) is 14.0. The third-order valence-corrected chi connectivity index (χ3v) is 5.70. The van der Waals surface area contributed by atoms with Gasteiger partial charge in [0, 0.05) is 33.9 Å². The molecule has 148 valence electrons. The lowest BCUT2D eigenvalue weighted by Gasteiger charge is -2.09. The average molecular weight is 387 g/mol. The molecule has 1 aromatic carbocycles. The van der Waals surface area contributed by atoms with Crippen molar-refractivity contribution in [2.75, 3.05) is 0 Å². The molecular formula is C23H25N5O. The molecule has 1 aliphatic rings. The Morgan fingerprint density at radius 3 is 2.66 bits per heavy atom. The zero-order chi connectivity index (χ0) is 20.1. The third kappa shape index (κ3) is 3.23. The van der Waals surface area contributed by atoms with Gasteiger partial charge in [0.25, 0.3) is 0 Å². The van der Waals surface area contributed by atoms with Crippen molar-refractivity contribution >= 4 is 10.9 Å². The standard InChI is InChI=1S/C23H25N5O/c1-12(2)19-17-11-16(22-27-28-23(29-22)20(24)14-4-5-14)6-7-18(17)26-21(19)15-8-9-25-13(3)10-15/h6-12,14,20,26H,4-5,24H2,1-3H3/t20-/m0/s1. The second kappa shape index (κ2) is 6.81. The molecule has 0 radical (unpaired) electrons. The summed E-state index contributed by atoms with van der Waals surface area (Å²) < 4.78 is 5.92. The second-order valence-electron chi connectivity index (χ2n) is 8.32. The van der Waals surface area contributed by atoms with Crippen molar-refractivity contribution in [1.29, 1.82) is 0 Å². The van der Waals surface area contributed by atoms with Gasteiger partial charge in [-0.1, -0.05) is 13.8 Å². The van der Waals surface area contributed by atoms with E-state index in [4.69, 9.17) is 10.2 Å². The molecule has 0 saturated heterocycles. The zero-order valence-electron chi connectivity index (χ0n) is 16.9. The van der Waals surface area contributed by atoms with E-state index < -0.39 is 0 Å². The van der Waals surface area contributed by atoms with Gasteiger partial charge in [-0.2, -0.15) is 0 Å². The number of aromatic nitrogens is 4. The lowest BCUT2D eigenvalue weighted by molar-refractivity contribution is 0.434. The van der Waals surface area contributed by atoms with Crippen molar-refractivity contribution in [3.63, 3.8) is 0 Å². The van der Waals surface area contributed by atoms with Crippen molar-refractivity contribution < 1.29 is 4.42 Å². The van der Waals surface area contributed by atoms with Gasteiger partial charge < -0.3 is 15.1 Å². The predicted molar refractivity (Wildman–Crippen MR) is 113 cm³/mol. The van der Waals surface area contributed by atoms with Gasteiger partial charge in [-0.15, -0.1) is 10.2 Å². The quantitative estimate of drug-likeness (QED) is 0.495. The molecule has 1 aliphatic carbocycles. The number of nitrogens with zero attached hydrogens (tertiary/aromatic N) is 3. The first kappa shape index (κ1) is 18.1. The molecule has 4 aromatic rings. The highest BCUT2D eigenvalue weighted by Gasteiger charge is 2.33. The topological polar surface area (TPSA) is 93.6 Å². The van der Waals surface area contributed by atoms with E-state index in [1.165, 1.54) is 10.9 Å². The molecule has 0 amide bonds. The maximum absolute atomic E-state index is 6.22. The van der Waals surface area contributed by atoms with Gasteiger partial charge in [-0.3, -0.25) is 4.98 Å². The summed E-state index contributed by atoms with van der Waals surface area (Å²) in [5.74, 6) is 1.89. The van der Waals surface area contributed by atoms with Crippen LogP contribution >= 0.6 is 0 Å². The lowest BCUT2D eigenvalue weighted by Crippen LogP contribution is -2.12. The number of H-pyrrole nitrogens is 1. The predicted octanol–water partition coefficient (Wildman–Crippen LogP) is 5.12. The molecule has 0 unspecified atom stereocenters. The molecule has 29 heavy (non-hydrogen) atoms. The van der Waals surface area contributed by atoms with E-state index in [1.807, 2.05) is 25.3 Å². The molecule has 3 N–H and O–H groups in total. The van der Waals surface area contributed by atoms with Crippen LogP contribution in [0, 0.1) is 12.8 Å². The number of benzene rings is 1. The lowest BCUT2D eigenvalue weighted by atomic mass is 9.95. The summed E-state index contributed by atoms with van der Waals surface area (Å²) in [7, 11) is 0. The largest absolute Gasteiger partial charge is 0.419 e. The molecule has 1 saturated carbocycles. The number of aryl methyl sites for hydroxylation is 1. The van der Waals surface area contributed by atoms with E-state index in [-0.39, 0.29) is 6.04 Å². The van der Waals surface area contributed by atoms with Gasteiger partial charge in [0.2, 0.25) is 11.8 Å². The Hall–Kier alpha value is -2.99. The summed E-state index contributed by atoms with van der Waals surface area (Å²) in [6.07, 6.45) is 4.14. The van der Waals surface area contributed by atoms with Gasteiger partial charge in [-0.05, 0) is 67.5 Å². The van der Waals surface area contributed by atoms with Gasteiger partial charge in [0.1, 0.15) is 0 Å². The molecule has 6 nitrogen and oxygen atoms in total. The van der Waals surface area contributed by atoms with Crippen molar-refractivity contribution in [1.82, 2.24) is 20.2 Å². The van der Waals surface area contributed by atoms with Crippen LogP contribution in [0.5, 0.6) is 0 Å². The minimum atomic E-state index is -0.153. The van der Waals surface area contributed by atoms with Crippen LogP contribution in [-0.2, 0) is 0 Å². The third-order valence-electron chi connectivity index (χ3n) is 5.70. The SMILES string of the molecule is Cc1cc(-c2[nH]c3ccc(-c4nnc([C@@H](N)C5CC5)o4)cc3c2C(C)C)ccn1. The highest BCUT2D eigenvalue weighted by atomic mass is 16.4. The van der Waals surface area contributed by atoms with Gasteiger partial charge in [-0.25, -0.2) is 0 Å².